The van der Waals surface area contributed by atoms with Gasteiger partial charge < -0.3 is 68.9 Å². The molecular weight excluding hydrogens is 1790 g/mol. The number of halogens is 9. The summed E-state index contributed by atoms with van der Waals surface area (Å²) in [6.45, 7) is 25.5. The van der Waals surface area contributed by atoms with E-state index < -0.39 is 112 Å². The van der Waals surface area contributed by atoms with Crippen LogP contribution in [-0.2, 0) is 70.5 Å². The van der Waals surface area contributed by atoms with Gasteiger partial charge >= 0.3 is 107 Å². The van der Waals surface area contributed by atoms with E-state index in [4.69, 9.17) is 62.9 Å². The number of aliphatic carboxylic acids is 1. The molecule has 0 saturated carbocycles. The Bertz CT molecular complexity index is 2690. The SMILES string of the molecule is CC(C)[C@H](NC(=O)C(C)(C)N)C(=O)O[C@H](/C=C/CCCl)CC(=O)NCc1nc(C(=O)O)cs1.CC(C)[C@H](NC(=O)C(C)(C)NC(=O)OC(C)(C)C)C(=O)O[C@H](/C=C/CCCl)CC(=O)NCc1nc(C(=O)OC(C)(C)C)cs1.CCI.O=C(O)C(F)(F)F.[CH3-].[I][V]([I])[I]. The Morgan fingerprint density at radius 2 is 1.02 bits per heavy atom. The molecule has 24 nitrogen and oxygen atoms in total. The second kappa shape index (κ2) is 47.9. The van der Waals surface area contributed by atoms with E-state index in [1.807, 2.05) is 0 Å². The molecule has 0 saturated heterocycles. The molecule has 4 atom stereocenters. The van der Waals surface area contributed by atoms with Crippen LogP contribution < -0.4 is 32.3 Å². The van der Waals surface area contributed by atoms with Crippen LogP contribution in [-0.4, -0.2) is 149 Å². The van der Waals surface area contributed by atoms with Gasteiger partial charge in [0.05, 0.1) is 31.5 Å². The van der Waals surface area contributed by atoms with Crippen LogP contribution in [0.1, 0.15) is 161 Å². The van der Waals surface area contributed by atoms with E-state index in [2.05, 4.69) is 126 Å². The van der Waals surface area contributed by atoms with Crippen molar-refractivity contribution in [3.63, 3.8) is 0 Å². The number of carboxylic acids is 2. The number of amides is 5. The summed E-state index contributed by atoms with van der Waals surface area (Å²) in [5, 5.41) is 33.0. The molecular formula is C56H87Cl2F3I4N8O16S2V-. The number of allylic oxidation sites excluding steroid dienone is 2. The van der Waals surface area contributed by atoms with Gasteiger partial charge in [-0.15, -0.1) is 45.9 Å². The summed E-state index contributed by atoms with van der Waals surface area (Å²) in [6.07, 6.45) is -0.570. The summed E-state index contributed by atoms with van der Waals surface area (Å²) in [7, 11) is 0. The number of rotatable bonds is 27. The molecule has 9 N–H and O–H groups in total. The van der Waals surface area contributed by atoms with Gasteiger partial charge in [-0.25, -0.2) is 38.7 Å². The van der Waals surface area contributed by atoms with Crippen molar-refractivity contribution >= 4 is 188 Å². The van der Waals surface area contributed by atoms with Gasteiger partial charge in [0.25, 0.3) is 0 Å². The number of nitrogens with zero attached hydrogens (tertiary/aromatic N) is 2. The molecule has 36 heteroatoms. The third-order valence-electron chi connectivity index (χ3n) is 9.99. The molecule has 0 aliphatic heterocycles. The number of esters is 3. The van der Waals surface area contributed by atoms with Crippen LogP contribution in [0, 0.1) is 19.3 Å². The number of aromatic carboxylic acids is 1. The third-order valence-corrected chi connectivity index (χ3v) is 12.1. The summed E-state index contributed by atoms with van der Waals surface area (Å²) in [5.74, 6) is -7.87. The van der Waals surface area contributed by atoms with Crippen LogP contribution >= 0.6 is 128 Å². The normalized spacial score (nSPS) is 12.8. The molecule has 2 rings (SSSR count). The van der Waals surface area contributed by atoms with Gasteiger partial charge in [-0.3, -0.25) is 19.2 Å². The molecule has 0 radical (unpaired) electrons. The van der Waals surface area contributed by atoms with E-state index in [-0.39, 0.29) is 61.5 Å². The van der Waals surface area contributed by atoms with Crippen LogP contribution in [0.25, 0.3) is 0 Å². The fourth-order valence-electron chi connectivity index (χ4n) is 5.79. The maximum absolute atomic E-state index is 13.2. The number of aromatic nitrogens is 2. The molecule has 0 aliphatic carbocycles. The Balaban J connectivity index is -0.000000705. The molecule has 2 aromatic heterocycles. The zero-order chi connectivity index (χ0) is 71.4. The topological polar surface area (TPSA) is 360 Å². The van der Waals surface area contributed by atoms with Gasteiger partial charge in [0.1, 0.15) is 51.0 Å². The maximum atomic E-state index is 13.2. The number of hydrogen-bond donors (Lipinski definition) is 8. The minimum atomic E-state index is -5.08. The standard InChI is InChI=1S/C30H47ClN4O8S.C21H31ClN4O6S.C2HF3O2.C2H5I.CH3.3HI.V/c1-18(2)23(34-26(39)30(9,10)35-27(40)43-29(6,7)8)25(38)41-19(13-11-12-14-31)15-21(36)32-16-22-33-20(17-44-22)24(37)42-28(3,4)5;1-12(2)17(26-20(31)21(3,4)23)19(30)32-13(7-5-6-8-22)9-15(27)24-10-16-25-14(11-33-16)18(28)29;3-2(4,5)1(6)7;1-2-3;;;;;/h11,13,17-19,23H,12,14-16H2,1-10H3,(H,32,36)(H,34,39)(H,35,40);5,7,11-13,17H,6,8-10,23H2,1-4H3,(H,24,27)(H,26,31)(H,28,29);(H,6,7);2H2,1H3;1H3;3*1H;/q;;;;-1;;;;+3/p-3/b13-11+;7-5+;;;;;;;/t19-,23+;13-,17+;;;;;;;/m11......./s1. The molecule has 0 aromatic carbocycles. The summed E-state index contributed by atoms with van der Waals surface area (Å²) < 4.78 is 54.7. The average Bonchev–Trinajstić information content (AvgIpc) is 1.03. The number of alkyl halides is 6. The predicted octanol–water partition coefficient (Wildman–Crippen LogP) is 11.6. The van der Waals surface area contributed by atoms with Crippen LogP contribution in [0.2, 0.25) is 0 Å². The van der Waals surface area contributed by atoms with E-state index in [9.17, 15) is 56.3 Å². The summed E-state index contributed by atoms with van der Waals surface area (Å²) in [5.41, 5.74) is 1.84. The molecule has 0 aliphatic rings. The van der Waals surface area contributed by atoms with E-state index in [0.29, 0.717) is 34.6 Å². The first kappa shape index (κ1) is 95.5. The molecule has 0 spiro atoms. The third kappa shape index (κ3) is 47.9. The first-order chi connectivity index (χ1) is 41.6. The van der Waals surface area contributed by atoms with Crippen molar-refractivity contribution in [3.8, 4) is 0 Å². The fraction of sp³-hybridized carbons (Fsp3) is 0.625. The zero-order valence-corrected chi connectivity index (χ0v) is 67.2. The number of alkyl carbamates (subject to hydrolysis) is 1. The van der Waals surface area contributed by atoms with Crippen LogP contribution in [0.3, 0.4) is 0 Å². The van der Waals surface area contributed by atoms with Gasteiger partial charge in [0, 0.05) is 22.5 Å². The Labute approximate surface area is 606 Å². The molecule has 2 heterocycles. The Morgan fingerprint density at radius 3 is 1.33 bits per heavy atom. The van der Waals surface area contributed by atoms with Crippen LogP contribution in [0.5, 0.6) is 0 Å². The fourth-order valence-corrected chi connectivity index (χ4v) is 7.45. The molecule has 0 unspecified atom stereocenters. The van der Waals surface area contributed by atoms with Crippen molar-refractivity contribution in [2.75, 3.05) is 16.2 Å². The minimum absolute atomic E-state index is 0. The summed E-state index contributed by atoms with van der Waals surface area (Å²) in [6, 6.07) is -2.02. The number of carbonyl (C=O) groups is 10. The first-order valence-electron chi connectivity index (χ1n) is 27.4. The Morgan fingerprint density at radius 1 is 0.674 bits per heavy atom. The van der Waals surface area contributed by atoms with Gasteiger partial charge in [-0.2, -0.15) is 13.2 Å². The second-order valence-corrected chi connectivity index (χ2v) is 61.9. The first-order valence-corrected chi connectivity index (χ1v) is 45.2. The van der Waals surface area contributed by atoms with Crippen molar-refractivity contribution in [3.05, 3.63) is 63.9 Å². The molecule has 528 valence electrons. The number of thiazole rings is 2. The van der Waals surface area contributed by atoms with E-state index in [0.717, 1.165) is 11.3 Å². The summed E-state index contributed by atoms with van der Waals surface area (Å²) in [4.78, 5) is 129. The van der Waals surface area contributed by atoms with Crippen molar-refractivity contribution < 1.29 is 95.2 Å². The summed E-state index contributed by atoms with van der Waals surface area (Å²) >= 11 is 23.4. The van der Waals surface area contributed by atoms with Crippen molar-refractivity contribution in [1.29, 1.82) is 0 Å². The van der Waals surface area contributed by atoms with E-state index >= 15 is 0 Å². The molecule has 92 heavy (non-hydrogen) atoms. The number of ether oxygens (including phenoxy) is 4. The van der Waals surface area contributed by atoms with Crippen molar-refractivity contribution in [2.24, 2.45) is 17.6 Å². The monoisotopic (exact) mass is 1880 g/mol. The van der Waals surface area contributed by atoms with Crippen molar-refractivity contribution in [2.45, 2.75) is 195 Å². The van der Waals surface area contributed by atoms with Crippen LogP contribution in [0.15, 0.2) is 35.1 Å². The van der Waals surface area contributed by atoms with Gasteiger partial charge in [-0.05, 0) is 110 Å². The quantitative estimate of drug-likeness (QED) is 0.0103. The molecule has 2 aromatic rings. The predicted molar refractivity (Wildman–Crippen MR) is 380 cm³/mol. The average molecular weight is 1880 g/mol. The zero-order valence-electron chi connectivity index (χ0n) is 54.0. The van der Waals surface area contributed by atoms with Gasteiger partial charge in [-0.1, -0.05) is 69.4 Å². The Hall–Kier alpha value is -2.93. The molecule has 0 fully saturated rings. The molecule has 5 amide bonds. The number of nitrogens with two attached hydrogens (primary N) is 1. The van der Waals surface area contributed by atoms with Crippen molar-refractivity contribution in [1.82, 2.24) is 36.6 Å². The van der Waals surface area contributed by atoms with E-state index in [1.165, 1.54) is 48.8 Å². The number of carboxylic acid groups (broad SMARTS) is 2. The number of nitrogens with one attached hydrogen (secondary N) is 5. The van der Waals surface area contributed by atoms with Gasteiger partial charge in [0.15, 0.2) is 11.4 Å². The molecule has 0 bridgehead atoms. The van der Waals surface area contributed by atoms with Gasteiger partial charge in [0.2, 0.25) is 23.6 Å². The Kier molecular flexibility index (Phi) is 49.7. The number of carbonyl (C=O) groups excluding carboxylic acids is 8. The number of hydrogen-bond acceptors (Lipinski definition) is 19. The van der Waals surface area contributed by atoms with E-state index in [1.54, 1.807) is 98.9 Å². The van der Waals surface area contributed by atoms with Crippen LogP contribution in [0.4, 0.5) is 18.0 Å². The second-order valence-electron chi connectivity index (χ2n) is 22.4.